The highest BCUT2D eigenvalue weighted by molar-refractivity contribution is 5.72. The molecule has 0 radical (unpaired) electrons. The van der Waals surface area contributed by atoms with E-state index >= 15 is 0 Å². The van der Waals surface area contributed by atoms with Crippen LogP contribution in [0.1, 0.15) is 38.5 Å². The molecule has 0 aromatic carbocycles. The first kappa shape index (κ1) is 10.3. The van der Waals surface area contributed by atoms with Gasteiger partial charge in [0.05, 0.1) is 13.5 Å². The fourth-order valence-electron chi connectivity index (χ4n) is 1.91. The molecule has 0 bridgehead atoms. The molecule has 0 aromatic rings. The maximum absolute atomic E-state index is 11.0. The molecule has 0 heterocycles. The molecule has 1 rings (SSSR count). The van der Waals surface area contributed by atoms with Gasteiger partial charge in [0, 0.05) is 0 Å². The highest BCUT2D eigenvalue weighted by Gasteiger charge is 2.18. The molecule has 0 saturated heterocycles. The largest absolute Gasteiger partial charge is 0.469 e. The van der Waals surface area contributed by atoms with E-state index in [0.717, 1.165) is 5.57 Å². The van der Waals surface area contributed by atoms with Crippen LogP contribution in [-0.2, 0) is 9.53 Å². The fraction of sp³-hybridized carbons (Fsp3) is 0.727. The second kappa shape index (κ2) is 5.05. The Bertz CT molecular complexity index is 190. The number of rotatable bonds is 3. The average Bonchev–Trinajstić information content (AvgIpc) is 2.19. The van der Waals surface area contributed by atoms with Crippen molar-refractivity contribution in [3.8, 4) is 0 Å². The van der Waals surface area contributed by atoms with Crippen molar-refractivity contribution in [3.63, 3.8) is 0 Å². The third kappa shape index (κ3) is 3.21. The van der Waals surface area contributed by atoms with E-state index in [9.17, 15) is 4.79 Å². The van der Waals surface area contributed by atoms with Crippen molar-refractivity contribution >= 4 is 5.97 Å². The SMILES string of the molecule is C=C(CC(=O)OC)C1CCCCC1. The van der Waals surface area contributed by atoms with Crippen LogP contribution < -0.4 is 0 Å². The van der Waals surface area contributed by atoms with E-state index in [1.165, 1.54) is 39.2 Å². The number of hydrogen-bond acceptors (Lipinski definition) is 2. The molecule has 1 aliphatic rings. The lowest BCUT2D eigenvalue weighted by Crippen LogP contribution is -2.12. The van der Waals surface area contributed by atoms with Crippen molar-refractivity contribution in [2.45, 2.75) is 38.5 Å². The van der Waals surface area contributed by atoms with Crippen LogP contribution in [-0.4, -0.2) is 13.1 Å². The summed E-state index contributed by atoms with van der Waals surface area (Å²) >= 11 is 0. The zero-order chi connectivity index (χ0) is 9.68. The molecule has 0 unspecified atom stereocenters. The number of carbonyl (C=O) groups excluding carboxylic acids is 1. The lowest BCUT2D eigenvalue weighted by molar-refractivity contribution is -0.139. The van der Waals surface area contributed by atoms with Crippen molar-refractivity contribution in [1.82, 2.24) is 0 Å². The van der Waals surface area contributed by atoms with Gasteiger partial charge in [0.2, 0.25) is 0 Å². The summed E-state index contributed by atoms with van der Waals surface area (Å²) in [7, 11) is 1.43. The molecule has 1 fully saturated rings. The molecule has 0 spiro atoms. The van der Waals surface area contributed by atoms with Crippen LogP contribution in [0.2, 0.25) is 0 Å². The number of esters is 1. The highest BCUT2D eigenvalue weighted by Crippen LogP contribution is 2.30. The van der Waals surface area contributed by atoms with E-state index in [0.29, 0.717) is 12.3 Å². The minimum absolute atomic E-state index is 0.157. The topological polar surface area (TPSA) is 26.3 Å². The first-order chi connectivity index (χ1) is 6.24. The number of ether oxygens (including phenoxy) is 1. The Morgan fingerprint density at radius 3 is 2.54 bits per heavy atom. The zero-order valence-electron chi connectivity index (χ0n) is 8.34. The summed E-state index contributed by atoms with van der Waals surface area (Å²) < 4.78 is 4.61. The standard InChI is InChI=1S/C11H18O2/c1-9(8-11(12)13-2)10-6-4-3-5-7-10/h10H,1,3-8H2,2H3. The number of carbonyl (C=O) groups is 1. The molecule has 74 valence electrons. The second-order valence-corrected chi connectivity index (χ2v) is 3.75. The molecule has 1 saturated carbocycles. The number of hydrogen-bond donors (Lipinski definition) is 0. The Labute approximate surface area is 80.0 Å². The van der Waals surface area contributed by atoms with Gasteiger partial charge in [-0.25, -0.2) is 0 Å². The van der Waals surface area contributed by atoms with Gasteiger partial charge in [-0.3, -0.25) is 4.79 Å². The third-order valence-corrected chi connectivity index (χ3v) is 2.78. The van der Waals surface area contributed by atoms with Crippen LogP contribution in [0.25, 0.3) is 0 Å². The van der Waals surface area contributed by atoms with Gasteiger partial charge in [-0.1, -0.05) is 31.4 Å². The molecular weight excluding hydrogens is 164 g/mol. The van der Waals surface area contributed by atoms with Gasteiger partial charge in [0.1, 0.15) is 0 Å². The van der Waals surface area contributed by atoms with Crippen molar-refractivity contribution in [1.29, 1.82) is 0 Å². The molecule has 0 amide bonds. The molecule has 13 heavy (non-hydrogen) atoms. The van der Waals surface area contributed by atoms with Gasteiger partial charge in [-0.05, 0) is 18.8 Å². The van der Waals surface area contributed by atoms with Gasteiger partial charge in [-0.15, -0.1) is 0 Å². The third-order valence-electron chi connectivity index (χ3n) is 2.78. The van der Waals surface area contributed by atoms with E-state index < -0.39 is 0 Å². The van der Waals surface area contributed by atoms with Gasteiger partial charge < -0.3 is 4.74 Å². The van der Waals surface area contributed by atoms with Gasteiger partial charge in [0.25, 0.3) is 0 Å². The molecule has 0 N–H and O–H groups in total. The minimum atomic E-state index is -0.157. The summed E-state index contributed by atoms with van der Waals surface area (Å²) in [4.78, 5) is 11.0. The summed E-state index contributed by atoms with van der Waals surface area (Å²) in [6.45, 7) is 3.97. The van der Waals surface area contributed by atoms with Crippen molar-refractivity contribution in [3.05, 3.63) is 12.2 Å². The maximum atomic E-state index is 11.0. The molecule has 2 heteroatoms. The summed E-state index contributed by atoms with van der Waals surface area (Å²) in [6.07, 6.45) is 6.71. The Morgan fingerprint density at radius 1 is 1.38 bits per heavy atom. The van der Waals surface area contributed by atoms with E-state index in [4.69, 9.17) is 0 Å². The first-order valence-corrected chi connectivity index (χ1v) is 4.98. The van der Waals surface area contributed by atoms with Crippen molar-refractivity contribution in [2.75, 3.05) is 7.11 Å². The smallest absolute Gasteiger partial charge is 0.309 e. The number of methoxy groups -OCH3 is 1. The molecule has 0 aromatic heterocycles. The summed E-state index contributed by atoms with van der Waals surface area (Å²) in [5.74, 6) is 0.406. The van der Waals surface area contributed by atoms with E-state index in [1.807, 2.05) is 0 Å². The highest BCUT2D eigenvalue weighted by atomic mass is 16.5. The fourth-order valence-corrected chi connectivity index (χ4v) is 1.91. The minimum Gasteiger partial charge on any atom is -0.469 e. The Balaban J connectivity index is 2.33. The predicted octanol–water partition coefficient (Wildman–Crippen LogP) is 2.69. The Hall–Kier alpha value is -0.790. The van der Waals surface area contributed by atoms with Crippen LogP contribution in [0, 0.1) is 5.92 Å². The van der Waals surface area contributed by atoms with Crippen LogP contribution in [0.4, 0.5) is 0 Å². The Morgan fingerprint density at radius 2 is 2.00 bits per heavy atom. The first-order valence-electron chi connectivity index (χ1n) is 4.98. The van der Waals surface area contributed by atoms with Crippen LogP contribution in [0.3, 0.4) is 0 Å². The summed E-state index contributed by atoms with van der Waals surface area (Å²) in [5, 5.41) is 0. The van der Waals surface area contributed by atoms with Gasteiger partial charge in [-0.2, -0.15) is 0 Å². The van der Waals surface area contributed by atoms with Crippen molar-refractivity contribution in [2.24, 2.45) is 5.92 Å². The quantitative estimate of drug-likeness (QED) is 0.495. The molecular formula is C11H18O2. The predicted molar refractivity (Wildman–Crippen MR) is 52.3 cm³/mol. The van der Waals surface area contributed by atoms with Crippen LogP contribution in [0.5, 0.6) is 0 Å². The zero-order valence-corrected chi connectivity index (χ0v) is 8.34. The molecule has 0 atom stereocenters. The van der Waals surface area contributed by atoms with Crippen molar-refractivity contribution < 1.29 is 9.53 Å². The molecule has 0 aliphatic heterocycles. The monoisotopic (exact) mass is 182 g/mol. The van der Waals surface area contributed by atoms with Crippen LogP contribution in [0.15, 0.2) is 12.2 Å². The van der Waals surface area contributed by atoms with E-state index in [1.54, 1.807) is 0 Å². The lowest BCUT2D eigenvalue weighted by atomic mass is 9.83. The lowest BCUT2D eigenvalue weighted by Gasteiger charge is -2.23. The van der Waals surface area contributed by atoms with Gasteiger partial charge >= 0.3 is 5.97 Å². The average molecular weight is 182 g/mol. The summed E-state index contributed by atoms with van der Waals surface area (Å²) in [5.41, 5.74) is 1.06. The summed E-state index contributed by atoms with van der Waals surface area (Å²) in [6, 6.07) is 0. The molecule has 1 aliphatic carbocycles. The molecule has 2 nitrogen and oxygen atoms in total. The normalized spacial score (nSPS) is 18.2. The second-order valence-electron chi connectivity index (χ2n) is 3.75. The van der Waals surface area contributed by atoms with Crippen LogP contribution >= 0.6 is 0 Å². The maximum Gasteiger partial charge on any atom is 0.309 e. The van der Waals surface area contributed by atoms with Gasteiger partial charge in [0.15, 0.2) is 0 Å². The van der Waals surface area contributed by atoms with E-state index in [2.05, 4.69) is 11.3 Å². The Kier molecular flexibility index (Phi) is 4.00. The van der Waals surface area contributed by atoms with E-state index in [-0.39, 0.29) is 5.97 Å².